The number of nitrogens with zero attached hydrogens (tertiary/aromatic N) is 2. The van der Waals surface area contributed by atoms with Crippen LogP contribution in [0.15, 0.2) is 60.2 Å². The van der Waals surface area contributed by atoms with Crippen molar-refractivity contribution in [3.8, 4) is 11.3 Å². The molecule has 2 heterocycles. The summed E-state index contributed by atoms with van der Waals surface area (Å²) < 4.78 is 2.31. The fourth-order valence-electron chi connectivity index (χ4n) is 5.74. The molecule has 3 nitrogen and oxygen atoms in total. The molecule has 0 amide bonds. The second-order valence-corrected chi connectivity index (χ2v) is 9.55. The molecule has 1 aromatic heterocycles. The summed E-state index contributed by atoms with van der Waals surface area (Å²) in [7, 11) is 2.16. The van der Waals surface area contributed by atoms with Gasteiger partial charge in [-0.15, -0.1) is 0 Å². The zero-order valence-electron chi connectivity index (χ0n) is 19.4. The SMILES string of the molecule is Cc1c(-c2cccc(N3CCC(C(=O)C4=CCCCCC4)CC3)c2)n(C)c2ccccc12. The van der Waals surface area contributed by atoms with E-state index in [0.717, 1.165) is 44.3 Å². The van der Waals surface area contributed by atoms with E-state index in [1.807, 2.05) is 0 Å². The molecule has 2 aromatic carbocycles. The number of carbonyl (C=O) groups is 1. The topological polar surface area (TPSA) is 25.2 Å². The number of Topliss-reactive ketones (excluding diaryl/α,β-unsaturated/α-hetero) is 1. The molecule has 3 heteroatoms. The summed E-state index contributed by atoms with van der Waals surface area (Å²) in [6.45, 7) is 4.14. The molecule has 1 saturated heterocycles. The Bertz CT molecular complexity index is 1120. The van der Waals surface area contributed by atoms with Gasteiger partial charge in [0.05, 0.1) is 5.69 Å². The first kappa shape index (κ1) is 21.1. The van der Waals surface area contributed by atoms with E-state index in [9.17, 15) is 4.79 Å². The fourth-order valence-corrected chi connectivity index (χ4v) is 5.74. The highest BCUT2D eigenvalue weighted by atomic mass is 16.1. The van der Waals surface area contributed by atoms with E-state index < -0.39 is 0 Å². The number of hydrogen-bond acceptors (Lipinski definition) is 2. The lowest BCUT2D eigenvalue weighted by Crippen LogP contribution is -2.36. The third-order valence-electron chi connectivity index (χ3n) is 7.57. The van der Waals surface area contributed by atoms with E-state index in [1.54, 1.807) is 0 Å². The van der Waals surface area contributed by atoms with Gasteiger partial charge in [-0.05, 0) is 74.8 Å². The molecule has 2 aliphatic rings. The van der Waals surface area contributed by atoms with Crippen LogP contribution in [-0.2, 0) is 11.8 Å². The highest BCUT2D eigenvalue weighted by molar-refractivity contribution is 5.97. The van der Waals surface area contributed by atoms with Crippen molar-refractivity contribution in [3.63, 3.8) is 0 Å². The second kappa shape index (κ2) is 8.97. The van der Waals surface area contributed by atoms with E-state index in [-0.39, 0.29) is 5.92 Å². The molecule has 32 heavy (non-hydrogen) atoms. The molecular formula is C29H34N2O. The first-order valence-corrected chi connectivity index (χ1v) is 12.3. The van der Waals surface area contributed by atoms with Crippen molar-refractivity contribution >= 4 is 22.4 Å². The second-order valence-electron chi connectivity index (χ2n) is 9.55. The Morgan fingerprint density at radius 2 is 1.78 bits per heavy atom. The van der Waals surface area contributed by atoms with Gasteiger partial charge in [-0.2, -0.15) is 0 Å². The summed E-state index contributed by atoms with van der Waals surface area (Å²) in [6, 6.07) is 17.6. The van der Waals surface area contributed by atoms with Gasteiger partial charge in [0.1, 0.15) is 0 Å². The van der Waals surface area contributed by atoms with Crippen LogP contribution in [0.4, 0.5) is 5.69 Å². The number of piperidine rings is 1. The molecule has 1 aliphatic carbocycles. The summed E-state index contributed by atoms with van der Waals surface area (Å²) in [4.78, 5) is 15.5. The van der Waals surface area contributed by atoms with Crippen molar-refractivity contribution in [2.75, 3.05) is 18.0 Å². The molecule has 0 saturated carbocycles. The molecule has 0 bridgehead atoms. The van der Waals surface area contributed by atoms with E-state index in [4.69, 9.17) is 0 Å². The van der Waals surface area contributed by atoms with Crippen LogP contribution >= 0.6 is 0 Å². The maximum atomic E-state index is 13.1. The molecule has 0 radical (unpaired) electrons. The van der Waals surface area contributed by atoms with E-state index in [0.29, 0.717) is 5.78 Å². The van der Waals surface area contributed by atoms with Gasteiger partial charge >= 0.3 is 0 Å². The molecule has 1 aliphatic heterocycles. The summed E-state index contributed by atoms with van der Waals surface area (Å²) >= 11 is 0. The number of aryl methyl sites for hydroxylation is 2. The smallest absolute Gasteiger partial charge is 0.161 e. The number of hydrogen-bond donors (Lipinski definition) is 0. The number of ketones is 1. The van der Waals surface area contributed by atoms with Gasteiger partial charge in [0.15, 0.2) is 5.78 Å². The van der Waals surface area contributed by atoms with Crippen molar-refractivity contribution in [1.29, 1.82) is 0 Å². The third-order valence-corrected chi connectivity index (χ3v) is 7.57. The fraction of sp³-hybridized carbons (Fsp3) is 0.414. The molecule has 0 atom stereocenters. The largest absolute Gasteiger partial charge is 0.371 e. The third kappa shape index (κ3) is 3.90. The molecule has 5 rings (SSSR count). The average Bonchev–Trinajstić information content (AvgIpc) is 3.00. The quantitative estimate of drug-likeness (QED) is 0.457. The lowest BCUT2D eigenvalue weighted by Gasteiger charge is -2.33. The summed E-state index contributed by atoms with van der Waals surface area (Å²) in [5.41, 5.74) is 7.55. The number of anilines is 1. The molecule has 0 unspecified atom stereocenters. The van der Waals surface area contributed by atoms with Crippen LogP contribution in [0.1, 0.15) is 50.5 Å². The summed E-state index contributed by atoms with van der Waals surface area (Å²) in [5, 5.41) is 1.32. The van der Waals surface area contributed by atoms with Crippen LogP contribution in [0.3, 0.4) is 0 Å². The molecule has 0 spiro atoms. The van der Waals surface area contributed by atoms with Gasteiger partial charge in [-0.25, -0.2) is 0 Å². The standard InChI is InChI=1S/C29H34N2O/c1-21-26-14-7-8-15-27(26)30(2)28(21)24-12-9-13-25(20-24)31-18-16-23(17-19-31)29(32)22-10-5-3-4-6-11-22/h7-10,12-15,20,23H,3-6,11,16-19H2,1-2H3. The van der Waals surface area contributed by atoms with Crippen LogP contribution in [0.25, 0.3) is 22.2 Å². The van der Waals surface area contributed by atoms with Gasteiger partial charge in [-0.1, -0.05) is 42.8 Å². The first-order valence-electron chi connectivity index (χ1n) is 12.3. The Kier molecular flexibility index (Phi) is 5.91. The average molecular weight is 427 g/mol. The van der Waals surface area contributed by atoms with Gasteiger partial charge in [0.25, 0.3) is 0 Å². The minimum absolute atomic E-state index is 0.208. The van der Waals surface area contributed by atoms with Gasteiger partial charge in [0, 0.05) is 48.2 Å². The molecule has 1 fully saturated rings. The van der Waals surface area contributed by atoms with Gasteiger partial charge < -0.3 is 9.47 Å². The van der Waals surface area contributed by atoms with Crippen molar-refractivity contribution in [3.05, 3.63) is 65.7 Å². The first-order chi connectivity index (χ1) is 15.6. The number of para-hydroxylation sites is 1. The van der Waals surface area contributed by atoms with Crippen molar-refractivity contribution in [1.82, 2.24) is 4.57 Å². The normalized spacial score (nSPS) is 17.9. The van der Waals surface area contributed by atoms with Crippen LogP contribution in [-0.4, -0.2) is 23.4 Å². The van der Waals surface area contributed by atoms with Gasteiger partial charge in [-0.3, -0.25) is 4.79 Å². The number of benzene rings is 2. The maximum Gasteiger partial charge on any atom is 0.161 e. The van der Waals surface area contributed by atoms with Crippen LogP contribution in [0, 0.1) is 12.8 Å². The minimum Gasteiger partial charge on any atom is -0.371 e. The van der Waals surface area contributed by atoms with Gasteiger partial charge in [0.2, 0.25) is 0 Å². The Labute approximate surface area is 191 Å². The predicted molar refractivity (Wildman–Crippen MR) is 134 cm³/mol. The Morgan fingerprint density at radius 1 is 0.969 bits per heavy atom. The van der Waals surface area contributed by atoms with Crippen molar-refractivity contribution in [2.24, 2.45) is 13.0 Å². The number of fused-ring (bicyclic) bond motifs is 1. The van der Waals surface area contributed by atoms with Crippen LogP contribution in [0.5, 0.6) is 0 Å². The molecule has 166 valence electrons. The Morgan fingerprint density at radius 3 is 2.59 bits per heavy atom. The minimum atomic E-state index is 0.208. The van der Waals surface area contributed by atoms with E-state index in [2.05, 4.69) is 78.0 Å². The maximum absolute atomic E-state index is 13.1. The lowest BCUT2D eigenvalue weighted by atomic mass is 9.87. The number of allylic oxidation sites excluding steroid dienone is 2. The van der Waals surface area contributed by atoms with E-state index in [1.165, 1.54) is 52.7 Å². The Hall–Kier alpha value is -2.81. The highest BCUT2D eigenvalue weighted by Crippen LogP contribution is 2.35. The summed E-state index contributed by atoms with van der Waals surface area (Å²) in [6.07, 6.45) is 9.92. The number of aromatic nitrogens is 1. The van der Waals surface area contributed by atoms with E-state index >= 15 is 0 Å². The molecule has 0 N–H and O–H groups in total. The van der Waals surface area contributed by atoms with Crippen molar-refractivity contribution < 1.29 is 4.79 Å². The number of carbonyl (C=O) groups excluding carboxylic acids is 1. The zero-order chi connectivity index (χ0) is 22.1. The zero-order valence-corrected chi connectivity index (χ0v) is 19.4. The number of rotatable bonds is 4. The monoisotopic (exact) mass is 426 g/mol. The predicted octanol–water partition coefficient (Wildman–Crippen LogP) is 6.83. The Balaban J connectivity index is 1.33. The lowest BCUT2D eigenvalue weighted by molar-refractivity contribution is -0.119. The van der Waals surface area contributed by atoms with Crippen LogP contribution in [0.2, 0.25) is 0 Å². The van der Waals surface area contributed by atoms with Crippen LogP contribution < -0.4 is 4.90 Å². The van der Waals surface area contributed by atoms with Crippen molar-refractivity contribution in [2.45, 2.75) is 51.9 Å². The molecular weight excluding hydrogens is 392 g/mol. The summed E-state index contributed by atoms with van der Waals surface area (Å²) in [5.74, 6) is 0.644. The molecule has 3 aromatic rings. The highest BCUT2D eigenvalue weighted by Gasteiger charge is 2.27.